The molecule has 0 aliphatic heterocycles. The van der Waals surface area contributed by atoms with E-state index in [9.17, 15) is 8.78 Å². The molecule has 2 saturated carbocycles. The predicted octanol–water partition coefficient (Wildman–Crippen LogP) is 9.58. The Morgan fingerprint density at radius 1 is 0.906 bits per heavy atom. The predicted molar refractivity (Wildman–Crippen MR) is 130 cm³/mol. The van der Waals surface area contributed by atoms with Gasteiger partial charge in [0.2, 0.25) is 0 Å². The molecule has 0 saturated heterocycles. The van der Waals surface area contributed by atoms with E-state index >= 15 is 0 Å². The minimum absolute atomic E-state index is 0.168. The number of hydrogen-bond donors (Lipinski definition) is 0. The molecule has 2 aliphatic carbocycles. The highest BCUT2D eigenvalue weighted by atomic mass is 19.1. The average molecular weight is 449 g/mol. The van der Waals surface area contributed by atoms with E-state index in [1.165, 1.54) is 63.5 Å². The summed E-state index contributed by atoms with van der Waals surface area (Å²) >= 11 is 0. The quantitative estimate of drug-likeness (QED) is 0.342. The Kier molecular flexibility index (Phi) is 8.66. The van der Waals surface area contributed by atoms with E-state index in [2.05, 4.69) is 27.7 Å². The summed E-state index contributed by atoms with van der Waals surface area (Å²) in [6, 6.07) is 3.08. The van der Waals surface area contributed by atoms with Crippen molar-refractivity contribution in [2.24, 2.45) is 16.7 Å². The Bertz CT molecular complexity index is 700. The van der Waals surface area contributed by atoms with Gasteiger partial charge in [-0.2, -0.15) is 0 Å². The van der Waals surface area contributed by atoms with Crippen molar-refractivity contribution in [2.75, 3.05) is 0 Å². The van der Waals surface area contributed by atoms with Crippen LogP contribution in [0.2, 0.25) is 0 Å². The molecule has 1 nitrogen and oxygen atoms in total. The van der Waals surface area contributed by atoms with Crippen LogP contribution >= 0.6 is 0 Å². The van der Waals surface area contributed by atoms with Gasteiger partial charge in [-0.25, -0.2) is 8.78 Å². The van der Waals surface area contributed by atoms with Gasteiger partial charge in [-0.15, -0.1) is 0 Å². The first-order chi connectivity index (χ1) is 15.1. The molecular weight excluding hydrogens is 402 g/mol. The van der Waals surface area contributed by atoms with Crippen LogP contribution in [0, 0.1) is 28.4 Å². The maximum Gasteiger partial charge on any atom is 0.191 e. The zero-order chi connectivity index (χ0) is 23.4. The van der Waals surface area contributed by atoms with Gasteiger partial charge >= 0.3 is 0 Å². The van der Waals surface area contributed by atoms with E-state index in [0.717, 1.165) is 43.6 Å². The van der Waals surface area contributed by atoms with Crippen LogP contribution in [0.5, 0.6) is 5.75 Å². The maximum atomic E-state index is 14.8. The Morgan fingerprint density at radius 3 is 2.06 bits per heavy atom. The first kappa shape index (κ1) is 25.5. The van der Waals surface area contributed by atoms with Crippen LogP contribution in [0.4, 0.5) is 8.78 Å². The van der Waals surface area contributed by atoms with Gasteiger partial charge < -0.3 is 4.74 Å². The van der Waals surface area contributed by atoms with Crippen molar-refractivity contribution in [1.82, 2.24) is 0 Å². The monoisotopic (exact) mass is 448 g/mol. The summed E-state index contributed by atoms with van der Waals surface area (Å²) in [6.45, 7) is 11.4. The van der Waals surface area contributed by atoms with Gasteiger partial charge in [-0.1, -0.05) is 47.0 Å². The lowest BCUT2D eigenvalue weighted by molar-refractivity contribution is 0.0381. The van der Waals surface area contributed by atoms with Crippen LogP contribution in [0.1, 0.15) is 130 Å². The van der Waals surface area contributed by atoms with Gasteiger partial charge in [0.15, 0.2) is 17.4 Å². The molecule has 1 atom stereocenters. The Balaban J connectivity index is 1.55. The zero-order valence-corrected chi connectivity index (χ0v) is 21.2. The normalized spacial score (nSPS) is 26.0. The smallest absolute Gasteiger partial charge is 0.191 e. The Labute approximate surface area is 195 Å². The molecule has 3 heteroatoms. The van der Waals surface area contributed by atoms with Crippen molar-refractivity contribution in [3.63, 3.8) is 0 Å². The third kappa shape index (κ3) is 6.48. The number of ether oxygens (including phenoxy) is 1. The molecule has 0 bridgehead atoms. The molecule has 0 radical (unpaired) electrons. The molecule has 1 unspecified atom stereocenters. The van der Waals surface area contributed by atoms with E-state index in [4.69, 9.17) is 4.74 Å². The largest absolute Gasteiger partial charge is 0.485 e. The minimum Gasteiger partial charge on any atom is -0.485 e. The standard InChI is InChI=1S/C29H46F2O/c1-6-7-8-9-10-21(2)32-27-25(30)19-23(20-26(27)31)22-11-13-24(14-12-22)29(5)17-15-28(3,4)16-18-29/h19-22,24H,6-18H2,1-5H3. The van der Waals surface area contributed by atoms with Crippen molar-refractivity contribution in [3.8, 4) is 5.75 Å². The molecule has 2 aliphatic rings. The van der Waals surface area contributed by atoms with Crippen LogP contribution in [0.15, 0.2) is 12.1 Å². The van der Waals surface area contributed by atoms with E-state index in [0.29, 0.717) is 10.8 Å². The number of unbranched alkanes of at least 4 members (excludes halogenated alkanes) is 3. The first-order valence-electron chi connectivity index (χ1n) is 13.3. The molecule has 3 rings (SSSR count). The highest BCUT2D eigenvalue weighted by molar-refractivity contribution is 5.33. The van der Waals surface area contributed by atoms with Crippen LogP contribution in [-0.2, 0) is 0 Å². The SMILES string of the molecule is CCCCCCC(C)Oc1c(F)cc(C2CCC(C3(C)CCC(C)(C)CC3)CC2)cc1F. The van der Waals surface area contributed by atoms with Crippen LogP contribution in [-0.4, -0.2) is 6.10 Å². The molecule has 1 aromatic carbocycles. The molecule has 0 heterocycles. The van der Waals surface area contributed by atoms with Crippen molar-refractivity contribution in [3.05, 3.63) is 29.3 Å². The van der Waals surface area contributed by atoms with Gasteiger partial charge in [0, 0.05) is 0 Å². The fraction of sp³-hybridized carbons (Fsp3) is 0.793. The first-order valence-corrected chi connectivity index (χ1v) is 13.3. The fourth-order valence-corrected chi connectivity index (χ4v) is 6.08. The lowest BCUT2D eigenvalue weighted by Gasteiger charge is -2.48. The molecular formula is C29H46F2O. The summed E-state index contributed by atoms with van der Waals surface area (Å²) in [4.78, 5) is 0. The van der Waals surface area contributed by atoms with Crippen LogP contribution in [0.25, 0.3) is 0 Å². The van der Waals surface area contributed by atoms with Crippen molar-refractivity contribution in [2.45, 2.75) is 130 Å². The summed E-state index contributed by atoms with van der Waals surface area (Å²) in [5.74, 6) is -0.254. The Morgan fingerprint density at radius 2 is 1.50 bits per heavy atom. The lowest BCUT2D eigenvalue weighted by atomic mass is 9.57. The fourth-order valence-electron chi connectivity index (χ4n) is 6.08. The van der Waals surface area contributed by atoms with Gasteiger partial charge in [-0.3, -0.25) is 0 Å². The van der Waals surface area contributed by atoms with Gasteiger partial charge in [0.05, 0.1) is 6.10 Å². The topological polar surface area (TPSA) is 9.23 Å². The van der Waals surface area contributed by atoms with E-state index in [1.807, 2.05) is 6.92 Å². The molecule has 0 amide bonds. The van der Waals surface area contributed by atoms with Gasteiger partial charge in [0.1, 0.15) is 0 Å². The molecule has 0 spiro atoms. The zero-order valence-electron chi connectivity index (χ0n) is 21.2. The number of rotatable bonds is 9. The Hall–Kier alpha value is -1.12. The van der Waals surface area contributed by atoms with Crippen molar-refractivity contribution < 1.29 is 13.5 Å². The summed E-state index contributed by atoms with van der Waals surface area (Å²) in [7, 11) is 0. The van der Waals surface area contributed by atoms with E-state index < -0.39 is 11.6 Å². The second-order valence-corrected chi connectivity index (χ2v) is 12.0. The summed E-state index contributed by atoms with van der Waals surface area (Å²) in [5.41, 5.74) is 1.75. The molecule has 182 valence electrons. The van der Waals surface area contributed by atoms with Crippen molar-refractivity contribution in [1.29, 1.82) is 0 Å². The number of halogens is 2. The average Bonchev–Trinajstić information content (AvgIpc) is 2.76. The second-order valence-electron chi connectivity index (χ2n) is 12.0. The highest BCUT2D eigenvalue weighted by Gasteiger charge is 2.41. The molecule has 0 N–H and O–H groups in total. The minimum atomic E-state index is -0.538. The second kappa shape index (κ2) is 10.9. The number of hydrogen-bond acceptors (Lipinski definition) is 1. The summed E-state index contributed by atoms with van der Waals surface area (Å²) in [6.07, 6.45) is 14.9. The molecule has 1 aromatic rings. The third-order valence-corrected chi connectivity index (χ3v) is 8.73. The van der Waals surface area contributed by atoms with Crippen LogP contribution < -0.4 is 4.74 Å². The van der Waals surface area contributed by atoms with Crippen molar-refractivity contribution >= 4 is 0 Å². The van der Waals surface area contributed by atoms with Crippen LogP contribution in [0.3, 0.4) is 0 Å². The lowest BCUT2D eigenvalue weighted by Crippen LogP contribution is -2.36. The molecule has 2 fully saturated rings. The highest BCUT2D eigenvalue weighted by Crippen LogP contribution is 2.53. The van der Waals surface area contributed by atoms with Gasteiger partial charge in [0.25, 0.3) is 0 Å². The molecule has 32 heavy (non-hydrogen) atoms. The molecule has 0 aromatic heterocycles. The summed E-state index contributed by atoms with van der Waals surface area (Å²) < 4.78 is 35.3. The number of benzene rings is 1. The summed E-state index contributed by atoms with van der Waals surface area (Å²) in [5, 5.41) is 0. The van der Waals surface area contributed by atoms with E-state index in [1.54, 1.807) is 0 Å². The maximum absolute atomic E-state index is 14.8. The van der Waals surface area contributed by atoms with Gasteiger partial charge in [-0.05, 0) is 111 Å². The third-order valence-electron chi connectivity index (χ3n) is 8.73. The van der Waals surface area contributed by atoms with E-state index in [-0.39, 0.29) is 17.8 Å².